The Balaban J connectivity index is 2.72. The molecule has 0 aromatic heterocycles. The highest BCUT2D eigenvalue weighted by molar-refractivity contribution is 5.85. The van der Waals surface area contributed by atoms with E-state index in [0.29, 0.717) is 12.1 Å². The molecule has 1 atom stereocenters. The molecule has 1 heterocycles. The molecule has 0 fully saturated rings. The molecule has 0 aromatic carbocycles. The minimum absolute atomic E-state index is 0.159. The molecular weight excluding hydrogens is 182 g/mol. The fourth-order valence-corrected chi connectivity index (χ4v) is 1.29. The Hall–Kier alpha value is -1.58. The molecule has 1 aliphatic rings. The van der Waals surface area contributed by atoms with Crippen LogP contribution in [-0.4, -0.2) is 18.0 Å². The molecule has 1 aliphatic heterocycles. The fourth-order valence-electron chi connectivity index (χ4n) is 1.29. The minimum atomic E-state index is -0.384. The number of hydrogen-bond acceptors (Lipinski definition) is 3. The summed E-state index contributed by atoms with van der Waals surface area (Å²) in [6, 6.07) is 0. The molecule has 0 saturated carbocycles. The number of allylic oxidation sites excluding steroid dienone is 1. The van der Waals surface area contributed by atoms with Crippen molar-refractivity contribution in [1.29, 1.82) is 0 Å². The number of nitrogens with one attached hydrogen (secondary N) is 1. The Bertz CT molecular complexity index is 317. The van der Waals surface area contributed by atoms with Crippen LogP contribution in [0, 0.1) is 0 Å². The van der Waals surface area contributed by atoms with Crippen LogP contribution in [0.4, 0.5) is 0 Å². The molecule has 0 spiro atoms. The highest BCUT2D eigenvalue weighted by atomic mass is 16.5. The Labute approximate surface area is 82.6 Å². The van der Waals surface area contributed by atoms with Gasteiger partial charge in [-0.3, -0.25) is 4.79 Å². The summed E-state index contributed by atoms with van der Waals surface area (Å²) in [7, 11) is 0. The number of amides is 1. The van der Waals surface area contributed by atoms with Gasteiger partial charge in [0.25, 0.3) is 0 Å². The van der Waals surface area contributed by atoms with E-state index in [2.05, 4.69) is 11.9 Å². The van der Waals surface area contributed by atoms with Crippen molar-refractivity contribution in [2.45, 2.75) is 26.4 Å². The van der Waals surface area contributed by atoms with Crippen LogP contribution in [0.15, 0.2) is 23.9 Å². The summed E-state index contributed by atoms with van der Waals surface area (Å²) >= 11 is 0. The van der Waals surface area contributed by atoms with Crippen molar-refractivity contribution in [3.8, 4) is 0 Å². The van der Waals surface area contributed by atoms with Crippen molar-refractivity contribution < 1.29 is 14.3 Å². The van der Waals surface area contributed by atoms with E-state index in [4.69, 9.17) is 4.74 Å². The van der Waals surface area contributed by atoms with Crippen molar-refractivity contribution >= 4 is 11.9 Å². The Kier molecular flexibility index (Phi) is 3.06. The van der Waals surface area contributed by atoms with Crippen molar-refractivity contribution in [2.75, 3.05) is 0 Å². The summed E-state index contributed by atoms with van der Waals surface area (Å²) < 4.78 is 4.90. The normalized spacial score (nSPS) is 20.9. The third kappa shape index (κ3) is 2.73. The van der Waals surface area contributed by atoms with E-state index in [1.807, 2.05) is 0 Å². The van der Waals surface area contributed by atoms with Crippen molar-refractivity contribution in [3.63, 3.8) is 0 Å². The summed E-state index contributed by atoms with van der Waals surface area (Å²) in [6.07, 6.45) is 1.79. The summed E-state index contributed by atoms with van der Waals surface area (Å²) in [6.45, 7) is 6.88. The number of cyclic esters (lactones) is 1. The van der Waals surface area contributed by atoms with Gasteiger partial charge in [0.2, 0.25) is 5.91 Å². The molecule has 1 amide bonds. The van der Waals surface area contributed by atoms with Gasteiger partial charge in [-0.15, -0.1) is 0 Å². The van der Waals surface area contributed by atoms with E-state index >= 15 is 0 Å². The Morgan fingerprint density at radius 2 is 2.36 bits per heavy atom. The lowest BCUT2D eigenvalue weighted by molar-refractivity contribution is -0.143. The van der Waals surface area contributed by atoms with E-state index in [-0.39, 0.29) is 18.0 Å². The molecule has 76 valence electrons. The van der Waals surface area contributed by atoms with Crippen LogP contribution in [0.25, 0.3) is 0 Å². The smallest absolute Gasteiger partial charge is 0.331 e. The van der Waals surface area contributed by atoms with Gasteiger partial charge >= 0.3 is 5.97 Å². The van der Waals surface area contributed by atoms with Crippen LogP contribution in [0.2, 0.25) is 0 Å². The lowest BCUT2D eigenvalue weighted by atomic mass is 10.0. The summed E-state index contributed by atoms with van der Waals surface area (Å²) in [5.41, 5.74) is 1.20. The van der Waals surface area contributed by atoms with Gasteiger partial charge in [0.15, 0.2) is 0 Å². The second-order valence-electron chi connectivity index (χ2n) is 3.28. The van der Waals surface area contributed by atoms with Gasteiger partial charge in [0.05, 0.1) is 0 Å². The molecule has 0 aliphatic carbocycles. The number of carbonyl (C=O) groups is 2. The zero-order valence-corrected chi connectivity index (χ0v) is 8.29. The predicted octanol–water partition coefficient (Wildman–Crippen LogP) is 0.898. The standard InChI is InChI=1S/C10H13NO3/c1-6-4-9(5-10(13)14-6)7(2)11-8(3)12/h5-6H,2,4H2,1,3H3,(H,11,12)/t6-/m0/s1. The van der Waals surface area contributed by atoms with Gasteiger partial charge in [-0.25, -0.2) is 4.79 Å². The van der Waals surface area contributed by atoms with Crippen LogP contribution in [-0.2, 0) is 14.3 Å². The molecule has 0 saturated heterocycles. The van der Waals surface area contributed by atoms with Crippen molar-refractivity contribution in [1.82, 2.24) is 5.32 Å². The van der Waals surface area contributed by atoms with Gasteiger partial charge in [0.1, 0.15) is 6.10 Å². The van der Waals surface area contributed by atoms with E-state index in [9.17, 15) is 9.59 Å². The van der Waals surface area contributed by atoms with Gasteiger partial charge in [-0.05, 0) is 12.5 Å². The van der Waals surface area contributed by atoms with Crippen LogP contribution in [0.5, 0.6) is 0 Å². The fraction of sp³-hybridized carbons (Fsp3) is 0.400. The monoisotopic (exact) mass is 195 g/mol. The molecule has 4 nitrogen and oxygen atoms in total. The summed E-state index contributed by atoms with van der Waals surface area (Å²) in [4.78, 5) is 21.8. The maximum absolute atomic E-state index is 11.0. The first-order chi connectivity index (χ1) is 6.49. The minimum Gasteiger partial charge on any atom is -0.459 e. The van der Waals surface area contributed by atoms with Gasteiger partial charge in [-0.2, -0.15) is 0 Å². The number of ether oxygens (including phenoxy) is 1. The number of rotatable bonds is 2. The lowest BCUT2D eigenvalue weighted by Gasteiger charge is -2.20. The summed E-state index contributed by atoms with van der Waals surface area (Å²) in [5.74, 6) is -0.576. The zero-order chi connectivity index (χ0) is 10.7. The largest absolute Gasteiger partial charge is 0.459 e. The molecule has 4 heteroatoms. The SMILES string of the molecule is C=C(NC(C)=O)C1=CC(=O)O[C@@H](C)C1. The Morgan fingerprint density at radius 3 is 2.86 bits per heavy atom. The molecule has 0 unspecified atom stereocenters. The summed E-state index contributed by atoms with van der Waals surface area (Å²) in [5, 5.41) is 2.54. The van der Waals surface area contributed by atoms with E-state index in [1.165, 1.54) is 13.0 Å². The zero-order valence-electron chi connectivity index (χ0n) is 8.29. The molecule has 1 rings (SSSR count). The molecule has 0 aromatic rings. The third-order valence-electron chi connectivity index (χ3n) is 1.83. The molecule has 0 bridgehead atoms. The van der Waals surface area contributed by atoms with Gasteiger partial charge in [-0.1, -0.05) is 6.58 Å². The average molecular weight is 195 g/mol. The second kappa shape index (κ2) is 4.09. The maximum atomic E-state index is 11.0. The highest BCUT2D eigenvalue weighted by Crippen LogP contribution is 2.19. The third-order valence-corrected chi connectivity index (χ3v) is 1.83. The van der Waals surface area contributed by atoms with E-state index < -0.39 is 0 Å². The quantitative estimate of drug-likeness (QED) is 0.666. The van der Waals surface area contributed by atoms with Crippen LogP contribution in [0.1, 0.15) is 20.3 Å². The molecular formula is C10H13NO3. The van der Waals surface area contributed by atoms with E-state index in [0.717, 1.165) is 5.57 Å². The van der Waals surface area contributed by atoms with Crippen LogP contribution < -0.4 is 5.32 Å². The van der Waals surface area contributed by atoms with Gasteiger partial charge in [0, 0.05) is 25.1 Å². The van der Waals surface area contributed by atoms with Crippen LogP contribution >= 0.6 is 0 Å². The number of hydrogen-bond donors (Lipinski definition) is 1. The average Bonchev–Trinajstić information content (AvgIpc) is 2.00. The first-order valence-corrected chi connectivity index (χ1v) is 4.37. The highest BCUT2D eigenvalue weighted by Gasteiger charge is 2.19. The lowest BCUT2D eigenvalue weighted by Crippen LogP contribution is -2.26. The van der Waals surface area contributed by atoms with Crippen LogP contribution in [0.3, 0.4) is 0 Å². The Morgan fingerprint density at radius 1 is 1.71 bits per heavy atom. The first-order valence-electron chi connectivity index (χ1n) is 4.37. The number of carbonyl (C=O) groups excluding carboxylic acids is 2. The van der Waals surface area contributed by atoms with Crippen molar-refractivity contribution in [3.05, 3.63) is 23.9 Å². The van der Waals surface area contributed by atoms with E-state index in [1.54, 1.807) is 6.92 Å². The number of esters is 1. The second-order valence-corrected chi connectivity index (χ2v) is 3.28. The topological polar surface area (TPSA) is 55.4 Å². The van der Waals surface area contributed by atoms with Crippen molar-refractivity contribution in [2.24, 2.45) is 0 Å². The van der Waals surface area contributed by atoms with Gasteiger partial charge < -0.3 is 10.1 Å². The predicted molar refractivity (Wildman–Crippen MR) is 51.2 cm³/mol. The molecule has 0 radical (unpaired) electrons. The molecule has 14 heavy (non-hydrogen) atoms. The first kappa shape index (κ1) is 10.5. The maximum Gasteiger partial charge on any atom is 0.331 e. The molecule has 1 N–H and O–H groups in total.